The van der Waals surface area contributed by atoms with Crippen LogP contribution in [0.3, 0.4) is 0 Å². The minimum absolute atomic E-state index is 0.138. The van der Waals surface area contributed by atoms with E-state index >= 15 is 0 Å². The average molecular weight is 345 g/mol. The Morgan fingerprint density at radius 2 is 1.35 bits per heavy atom. The number of Topliss-reactive ketones (excluding diaryl/α,β-unsaturated/α-hetero) is 2. The molecule has 3 heteroatoms. The molecule has 0 fully saturated rings. The summed E-state index contributed by atoms with van der Waals surface area (Å²) in [6, 6.07) is 16.4. The molecule has 0 heterocycles. The summed E-state index contributed by atoms with van der Waals surface area (Å²) in [4.78, 5) is 28.7. The molecule has 3 nitrogen and oxygen atoms in total. The number of carbonyl (C=O) groups is 2. The van der Waals surface area contributed by atoms with Crippen LogP contribution in [0.5, 0.6) is 0 Å². The molecule has 132 valence electrons. The number of carbonyl (C=O) groups excluding carboxylic acids is 2. The van der Waals surface area contributed by atoms with Crippen LogP contribution >= 0.6 is 0 Å². The van der Waals surface area contributed by atoms with Gasteiger partial charge in [-0.2, -0.15) is 0 Å². The van der Waals surface area contributed by atoms with Crippen LogP contribution in [0.15, 0.2) is 54.6 Å². The van der Waals surface area contributed by atoms with Gasteiger partial charge < -0.3 is 0 Å². The van der Waals surface area contributed by atoms with Crippen molar-refractivity contribution in [1.29, 1.82) is 0 Å². The van der Waals surface area contributed by atoms with E-state index < -0.39 is 5.41 Å². The van der Waals surface area contributed by atoms with Crippen molar-refractivity contribution in [2.24, 2.45) is 0 Å². The summed E-state index contributed by atoms with van der Waals surface area (Å²) in [6.07, 6.45) is 0.213. The maximum Gasteiger partial charge on any atom is 0.182 e. The lowest BCUT2D eigenvalue weighted by Gasteiger charge is -2.24. The molecule has 26 heavy (non-hydrogen) atoms. The quantitative estimate of drug-likeness (QED) is 0.612. The van der Waals surface area contributed by atoms with Crippen LogP contribution in [0.4, 0.5) is 0 Å². The van der Waals surface area contributed by atoms with E-state index in [1.807, 2.05) is 30.3 Å². The highest BCUT2D eigenvalue weighted by molar-refractivity contribution is 6.33. The normalized spacial score (nSPS) is 14.9. The van der Waals surface area contributed by atoms with Gasteiger partial charge >= 0.3 is 0 Å². The number of benzene rings is 2. The minimum Gasteiger partial charge on any atom is -0.293 e. The van der Waals surface area contributed by atoms with E-state index in [2.05, 4.69) is 30.6 Å². The summed E-state index contributed by atoms with van der Waals surface area (Å²) in [7, 11) is 0. The summed E-state index contributed by atoms with van der Waals surface area (Å²) in [5.41, 5.74) is 0.517. The van der Waals surface area contributed by atoms with Crippen LogP contribution in [0, 0.1) is 11.8 Å². The van der Waals surface area contributed by atoms with Crippen LogP contribution in [-0.2, 0) is 5.41 Å². The van der Waals surface area contributed by atoms with Crippen LogP contribution in [0.2, 0.25) is 0 Å². The Balaban J connectivity index is 2.00. The predicted octanol–water partition coefficient (Wildman–Crippen LogP) is 3.74. The molecular formula is C23H23NO2. The number of rotatable bonds is 5. The first kappa shape index (κ1) is 18.1. The highest BCUT2D eigenvalue weighted by atomic mass is 16.2. The average Bonchev–Trinajstić information content (AvgIpc) is 2.91. The lowest BCUT2D eigenvalue weighted by Crippen LogP contribution is -2.38. The van der Waals surface area contributed by atoms with Gasteiger partial charge in [0.25, 0.3) is 0 Å². The van der Waals surface area contributed by atoms with Crippen LogP contribution in [0.25, 0.3) is 0 Å². The van der Waals surface area contributed by atoms with E-state index in [0.29, 0.717) is 17.7 Å². The SMILES string of the molecule is CCN(CC)CC#CCC1(c2ccccc2)C(=O)c2ccccc2C1=O. The van der Waals surface area contributed by atoms with Gasteiger partial charge in [0, 0.05) is 17.5 Å². The molecule has 3 rings (SSSR count). The molecular weight excluding hydrogens is 322 g/mol. The fourth-order valence-electron chi connectivity index (χ4n) is 3.50. The van der Waals surface area contributed by atoms with Crippen LogP contribution in [-0.4, -0.2) is 36.1 Å². The van der Waals surface area contributed by atoms with E-state index in [9.17, 15) is 9.59 Å². The number of fused-ring (bicyclic) bond motifs is 1. The van der Waals surface area contributed by atoms with Gasteiger partial charge in [0.15, 0.2) is 11.6 Å². The molecule has 0 saturated carbocycles. The third-order valence-electron chi connectivity index (χ3n) is 5.13. The standard InChI is InChI=1S/C23H23NO2/c1-3-24(4-2)17-11-10-16-23(18-12-6-5-7-13-18)21(25)19-14-8-9-15-20(19)22(23)26/h5-9,12-15H,3-4,16-17H2,1-2H3. The minimum atomic E-state index is -1.22. The van der Waals surface area contributed by atoms with E-state index in [4.69, 9.17) is 0 Å². The van der Waals surface area contributed by atoms with Gasteiger partial charge in [-0.1, -0.05) is 74.4 Å². The molecule has 2 aromatic carbocycles. The topological polar surface area (TPSA) is 37.4 Å². The van der Waals surface area contributed by atoms with Crippen molar-refractivity contribution < 1.29 is 9.59 Å². The zero-order valence-corrected chi connectivity index (χ0v) is 15.3. The first-order valence-corrected chi connectivity index (χ1v) is 9.07. The number of ketones is 2. The Morgan fingerprint density at radius 1 is 0.808 bits per heavy atom. The molecule has 0 saturated heterocycles. The Hall–Kier alpha value is -2.70. The van der Waals surface area contributed by atoms with Gasteiger partial charge in [-0.3, -0.25) is 14.5 Å². The number of hydrogen-bond donors (Lipinski definition) is 0. The van der Waals surface area contributed by atoms with E-state index in [0.717, 1.165) is 18.7 Å². The molecule has 0 atom stereocenters. The van der Waals surface area contributed by atoms with Gasteiger partial charge in [0.2, 0.25) is 0 Å². The van der Waals surface area contributed by atoms with Crippen molar-refractivity contribution in [3.05, 3.63) is 71.3 Å². The summed E-state index contributed by atoms with van der Waals surface area (Å²) in [5.74, 6) is 6.00. The van der Waals surface area contributed by atoms with Gasteiger partial charge in [-0.25, -0.2) is 0 Å². The van der Waals surface area contributed by atoms with Crippen molar-refractivity contribution >= 4 is 11.6 Å². The summed E-state index contributed by atoms with van der Waals surface area (Å²) >= 11 is 0. The maximum atomic E-state index is 13.3. The molecule has 2 aromatic rings. The van der Waals surface area contributed by atoms with Gasteiger partial charge in [0.1, 0.15) is 5.41 Å². The molecule has 1 aliphatic rings. The molecule has 0 bridgehead atoms. The number of nitrogens with zero attached hydrogens (tertiary/aromatic N) is 1. The Labute approximate surface area is 155 Å². The van der Waals surface area contributed by atoms with Crippen molar-refractivity contribution in [2.75, 3.05) is 19.6 Å². The smallest absolute Gasteiger partial charge is 0.182 e. The number of hydrogen-bond acceptors (Lipinski definition) is 3. The second-order valence-electron chi connectivity index (χ2n) is 6.47. The molecule has 0 spiro atoms. The van der Waals surface area contributed by atoms with Crippen LogP contribution < -0.4 is 0 Å². The summed E-state index contributed by atoms with van der Waals surface area (Å²) in [5, 5.41) is 0. The Morgan fingerprint density at radius 3 is 1.88 bits per heavy atom. The first-order valence-electron chi connectivity index (χ1n) is 9.07. The van der Waals surface area contributed by atoms with Crippen LogP contribution in [0.1, 0.15) is 46.5 Å². The van der Waals surface area contributed by atoms with Gasteiger partial charge in [-0.05, 0) is 18.7 Å². The summed E-state index contributed by atoms with van der Waals surface area (Å²) in [6.45, 7) is 6.69. The first-order chi connectivity index (χ1) is 12.6. The zero-order valence-electron chi connectivity index (χ0n) is 15.3. The van der Waals surface area contributed by atoms with Crippen molar-refractivity contribution in [2.45, 2.75) is 25.7 Å². The lowest BCUT2D eigenvalue weighted by atomic mass is 9.73. The zero-order chi connectivity index (χ0) is 18.6. The highest BCUT2D eigenvalue weighted by Crippen LogP contribution is 2.41. The Bertz CT molecular complexity index is 835. The summed E-state index contributed by atoms with van der Waals surface area (Å²) < 4.78 is 0. The second kappa shape index (κ2) is 7.68. The molecule has 0 unspecified atom stereocenters. The Kier molecular flexibility index (Phi) is 5.35. The molecule has 0 amide bonds. The molecule has 0 N–H and O–H groups in total. The molecule has 0 radical (unpaired) electrons. The third-order valence-corrected chi connectivity index (χ3v) is 5.13. The lowest BCUT2D eigenvalue weighted by molar-refractivity contribution is 0.0798. The predicted molar refractivity (Wildman–Crippen MR) is 103 cm³/mol. The highest BCUT2D eigenvalue weighted by Gasteiger charge is 2.53. The van der Waals surface area contributed by atoms with Crippen molar-refractivity contribution in [1.82, 2.24) is 4.90 Å². The fraction of sp³-hybridized carbons (Fsp3) is 0.304. The molecule has 1 aliphatic carbocycles. The second-order valence-corrected chi connectivity index (χ2v) is 6.47. The van der Waals surface area contributed by atoms with Crippen molar-refractivity contribution in [3.8, 4) is 11.8 Å². The molecule has 0 aromatic heterocycles. The largest absolute Gasteiger partial charge is 0.293 e. The van der Waals surface area contributed by atoms with Crippen molar-refractivity contribution in [3.63, 3.8) is 0 Å². The third kappa shape index (κ3) is 2.98. The van der Waals surface area contributed by atoms with Gasteiger partial charge in [-0.15, -0.1) is 5.92 Å². The maximum absolute atomic E-state index is 13.3. The van der Waals surface area contributed by atoms with E-state index in [1.165, 1.54) is 0 Å². The monoisotopic (exact) mass is 345 g/mol. The van der Waals surface area contributed by atoms with E-state index in [1.54, 1.807) is 24.3 Å². The van der Waals surface area contributed by atoms with Gasteiger partial charge in [0.05, 0.1) is 6.54 Å². The fourth-order valence-corrected chi connectivity index (χ4v) is 3.50. The molecule has 0 aliphatic heterocycles. The van der Waals surface area contributed by atoms with E-state index in [-0.39, 0.29) is 18.0 Å².